The van der Waals surface area contributed by atoms with Crippen LogP contribution in [0, 0.1) is 0 Å². The number of guanidine groups is 1. The summed E-state index contributed by atoms with van der Waals surface area (Å²) in [5, 5.41) is 16.4. The van der Waals surface area contributed by atoms with Gasteiger partial charge in [-0.2, -0.15) is 13.2 Å². The van der Waals surface area contributed by atoms with Gasteiger partial charge in [0.15, 0.2) is 5.96 Å². The van der Waals surface area contributed by atoms with Gasteiger partial charge in [-0.15, -0.1) is 0 Å². The van der Waals surface area contributed by atoms with Gasteiger partial charge in [-0.25, -0.2) is 0 Å². The number of hydrogen-bond acceptors (Lipinski definition) is 4. The van der Waals surface area contributed by atoms with E-state index in [0.29, 0.717) is 31.0 Å². The number of pyridine rings is 1. The number of aromatic nitrogens is 1. The Kier molecular flexibility index (Phi) is 8.91. The van der Waals surface area contributed by atoms with Crippen molar-refractivity contribution in [2.75, 3.05) is 19.6 Å². The topological polar surface area (TPSA) is 78.8 Å². The van der Waals surface area contributed by atoms with E-state index in [1.54, 1.807) is 24.5 Å². The Balaban J connectivity index is 1.96. The summed E-state index contributed by atoms with van der Waals surface area (Å²) in [6.45, 7) is 4.89. The number of aliphatic imine (C=N–C) groups is 1. The van der Waals surface area contributed by atoms with Gasteiger partial charge in [-0.3, -0.25) is 9.98 Å². The molecule has 2 aromatic rings. The Bertz CT molecular complexity index is 800. The van der Waals surface area contributed by atoms with Crippen molar-refractivity contribution in [3.8, 4) is 5.75 Å². The maximum atomic E-state index is 12.9. The second-order valence-corrected chi connectivity index (χ2v) is 6.57. The fraction of sp³-hybridized carbons (Fsp3) is 0.429. The van der Waals surface area contributed by atoms with Crippen LogP contribution in [0.25, 0.3) is 0 Å². The molecule has 0 radical (unpaired) electrons. The first-order chi connectivity index (χ1) is 14.3. The molecule has 0 saturated heterocycles. The number of aliphatic hydroxyl groups is 1. The summed E-state index contributed by atoms with van der Waals surface area (Å²) in [6.07, 6.45) is -1.76. The second kappa shape index (κ2) is 11.4. The number of halogens is 3. The number of nitrogens with zero attached hydrogens (tertiary/aromatic N) is 2. The maximum absolute atomic E-state index is 12.9. The van der Waals surface area contributed by atoms with E-state index in [0.717, 1.165) is 12.1 Å². The number of aliphatic hydroxyl groups excluding tert-OH is 1. The van der Waals surface area contributed by atoms with Crippen molar-refractivity contribution in [3.63, 3.8) is 0 Å². The first-order valence-electron chi connectivity index (χ1n) is 9.77. The van der Waals surface area contributed by atoms with E-state index in [2.05, 4.69) is 20.6 Å². The highest BCUT2D eigenvalue weighted by molar-refractivity contribution is 5.79. The van der Waals surface area contributed by atoms with Gasteiger partial charge in [-0.1, -0.05) is 13.0 Å². The summed E-state index contributed by atoms with van der Waals surface area (Å²) in [4.78, 5) is 8.29. The summed E-state index contributed by atoms with van der Waals surface area (Å²) in [5.41, 5.74) is -0.0354. The number of alkyl halides is 3. The first kappa shape index (κ1) is 23.5. The zero-order valence-corrected chi connectivity index (χ0v) is 17.0. The molecule has 30 heavy (non-hydrogen) atoms. The number of ether oxygens (including phenoxy) is 1. The Morgan fingerprint density at radius 1 is 1.17 bits per heavy atom. The zero-order valence-electron chi connectivity index (χ0n) is 17.0. The minimum absolute atomic E-state index is 0.143. The molecule has 2 unspecified atom stereocenters. The van der Waals surface area contributed by atoms with Crippen molar-refractivity contribution in [3.05, 3.63) is 59.9 Å². The quantitative estimate of drug-likeness (QED) is 0.424. The highest BCUT2D eigenvalue weighted by Crippen LogP contribution is 2.31. The molecule has 9 heteroatoms. The normalized spacial score (nSPS) is 14.1. The molecule has 0 amide bonds. The molecule has 0 bridgehead atoms. The van der Waals surface area contributed by atoms with Gasteiger partial charge in [0.25, 0.3) is 0 Å². The Morgan fingerprint density at radius 2 is 1.90 bits per heavy atom. The third-order valence-corrected chi connectivity index (χ3v) is 4.27. The fourth-order valence-corrected chi connectivity index (χ4v) is 2.63. The maximum Gasteiger partial charge on any atom is 0.416 e. The van der Waals surface area contributed by atoms with Crippen LogP contribution in [0.5, 0.6) is 5.75 Å². The minimum Gasteiger partial charge on any atom is -0.489 e. The molecular weight excluding hydrogens is 397 g/mol. The molecule has 2 atom stereocenters. The van der Waals surface area contributed by atoms with E-state index in [9.17, 15) is 18.3 Å². The number of rotatable bonds is 9. The highest BCUT2D eigenvalue weighted by atomic mass is 19.4. The van der Waals surface area contributed by atoms with Crippen LogP contribution >= 0.6 is 0 Å². The second-order valence-electron chi connectivity index (χ2n) is 6.57. The summed E-state index contributed by atoms with van der Waals surface area (Å²) < 4.78 is 44.4. The summed E-state index contributed by atoms with van der Waals surface area (Å²) in [7, 11) is 0. The standard InChI is InChI=1S/C21H27F3N4O2/c1-3-17(30-18-7-5-6-16(12-18)21(22,23)24)13-27-20(26-4-2)28-14-19(29)15-8-10-25-11-9-15/h5-12,17,19,29H,3-4,13-14H2,1-2H3,(H2,26,27,28). The fourth-order valence-electron chi connectivity index (χ4n) is 2.63. The van der Waals surface area contributed by atoms with Crippen molar-refractivity contribution in [2.45, 2.75) is 38.7 Å². The molecule has 1 aromatic carbocycles. The van der Waals surface area contributed by atoms with Crippen LogP contribution in [0.2, 0.25) is 0 Å². The summed E-state index contributed by atoms with van der Waals surface area (Å²) in [6, 6.07) is 8.27. The van der Waals surface area contributed by atoms with Crippen LogP contribution in [0.3, 0.4) is 0 Å². The molecule has 2 rings (SSSR count). The lowest BCUT2D eigenvalue weighted by Crippen LogP contribution is -2.42. The van der Waals surface area contributed by atoms with Crippen LogP contribution < -0.4 is 15.4 Å². The van der Waals surface area contributed by atoms with Gasteiger partial charge >= 0.3 is 6.18 Å². The third-order valence-electron chi connectivity index (χ3n) is 4.27. The Morgan fingerprint density at radius 3 is 2.53 bits per heavy atom. The van der Waals surface area contributed by atoms with E-state index in [1.165, 1.54) is 12.1 Å². The smallest absolute Gasteiger partial charge is 0.416 e. The lowest BCUT2D eigenvalue weighted by Gasteiger charge is -2.21. The third kappa shape index (κ3) is 7.55. The molecule has 0 saturated carbocycles. The number of benzene rings is 1. The van der Waals surface area contributed by atoms with Crippen molar-refractivity contribution in [2.24, 2.45) is 4.99 Å². The lowest BCUT2D eigenvalue weighted by molar-refractivity contribution is -0.137. The van der Waals surface area contributed by atoms with E-state index in [1.807, 2.05) is 13.8 Å². The van der Waals surface area contributed by atoms with E-state index in [-0.39, 0.29) is 18.4 Å². The van der Waals surface area contributed by atoms with Crippen LogP contribution in [0.15, 0.2) is 53.8 Å². The largest absolute Gasteiger partial charge is 0.489 e. The van der Waals surface area contributed by atoms with Gasteiger partial charge in [0, 0.05) is 18.9 Å². The van der Waals surface area contributed by atoms with Crippen molar-refractivity contribution >= 4 is 5.96 Å². The molecule has 0 spiro atoms. The molecule has 0 aliphatic heterocycles. The molecule has 0 aliphatic carbocycles. The Labute approximate surface area is 174 Å². The first-order valence-corrected chi connectivity index (χ1v) is 9.77. The van der Waals surface area contributed by atoms with Crippen LogP contribution in [0.4, 0.5) is 13.2 Å². The molecule has 0 fully saturated rings. The predicted molar refractivity (Wildman–Crippen MR) is 109 cm³/mol. The molecule has 1 aromatic heterocycles. The highest BCUT2D eigenvalue weighted by Gasteiger charge is 2.30. The summed E-state index contributed by atoms with van der Waals surface area (Å²) in [5.74, 6) is 0.644. The number of hydrogen-bond donors (Lipinski definition) is 3. The Hall–Kier alpha value is -2.81. The van der Waals surface area contributed by atoms with Gasteiger partial charge in [-0.05, 0) is 49.2 Å². The molecule has 0 aliphatic rings. The van der Waals surface area contributed by atoms with E-state index < -0.39 is 17.8 Å². The van der Waals surface area contributed by atoms with Crippen LogP contribution in [-0.2, 0) is 6.18 Å². The van der Waals surface area contributed by atoms with E-state index >= 15 is 0 Å². The van der Waals surface area contributed by atoms with Crippen LogP contribution in [-0.4, -0.2) is 41.8 Å². The minimum atomic E-state index is -4.42. The van der Waals surface area contributed by atoms with Crippen LogP contribution in [0.1, 0.15) is 37.5 Å². The zero-order chi connectivity index (χ0) is 22.0. The molecule has 6 nitrogen and oxygen atoms in total. The van der Waals surface area contributed by atoms with Gasteiger partial charge in [0.1, 0.15) is 11.9 Å². The number of nitrogens with one attached hydrogen (secondary N) is 2. The molecule has 1 heterocycles. The van der Waals surface area contributed by atoms with Gasteiger partial charge in [0.05, 0.1) is 24.8 Å². The molecule has 164 valence electrons. The van der Waals surface area contributed by atoms with Crippen molar-refractivity contribution in [1.82, 2.24) is 15.6 Å². The van der Waals surface area contributed by atoms with Gasteiger partial charge in [0.2, 0.25) is 0 Å². The lowest BCUT2D eigenvalue weighted by atomic mass is 10.1. The SMILES string of the molecule is CCNC(=NCC(O)c1ccncc1)NCC(CC)Oc1cccc(C(F)(F)F)c1. The summed E-state index contributed by atoms with van der Waals surface area (Å²) >= 11 is 0. The van der Waals surface area contributed by atoms with Crippen molar-refractivity contribution < 1.29 is 23.0 Å². The molecular formula is C21H27F3N4O2. The van der Waals surface area contributed by atoms with Gasteiger partial charge < -0.3 is 20.5 Å². The van der Waals surface area contributed by atoms with Crippen molar-refractivity contribution in [1.29, 1.82) is 0 Å². The van der Waals surface area contributed by atoms with E-state index in [4.69, 9.17) is 4.74 Å². The average Bonchev–Trinajstić information content (AvgIpc) is 2.74. The average molecular weight is 424 g/mol. The molecule has 3 N–H and O–H groups in total. The predicted octanol–water partition coefficient (Wildman–Crippen LogP) is 3.55. The monoisotopic (exact) mass is 424 g/mol.